The minimum atomic E-state index is -1.56. The van der Waals surface area contributed by atoms with Gasteiger partial charge in [0.05, 0.1) is 26.2 Å². The average molecular weight is 1050 g/mol. The van der Waals surface area contributed by atoms with Crippen LogP contribution in [0.2, 0.25) is 0 Å². The van der Waals surface area contributed by atoms with Crippen LogP contribution in [0.25, 0.3) is 16.3 Å². The van der Waals surface area contributed by atoms with Crippen LogP contribution in [0.5, 0.6) is 0 Å². The lowest BCUT2D eigenvalue weighted by Gasteiger charge is -2.33. The lowest BCUT2D eigenvalue weighted by Crippen LogP contribution is -2.51. The van der Waals surface area contributed by atoms with Crippen molar-refractivity contribution in [1.29, 1.82) is 0 Å². The molecule has 3 atom stereocenters. The van der Waals surface area contributed by atoms with Gasteiger partial charge in [0.1, 0.15) is 18.1 Å². The number of carbonyl (C=O) groups excluding carboxylic acids is 4. The highest BCUT2D eigenvalue weighted by Gasteiger charge is 2.32. The number of hydrogen-bond donors (Lipinski definition) is 11. The fraction of sp³-hybridized carbons (Fsp3) is 0.560. The van der Waals surface area contributed by atoms with Crippen LogP contribution >= 0.6 is 0 Å². The third kappa shape index (κ3) is 22.0. The van der Waals surface area contributed by atoms with Crippen LogP contribution in [0.4, 0.5) is 4.79 Å². The molecule has 0 aromatic heterocycles. The van der Waals surface area contributed by atoms with Gasteiger partial charge in [-0.2, -0.15) is 0 Å². The number of nitrogens with zero attached hydrogens (tertiary/aromatic N) is 4. The summed E-state index contributed by atoms with van der Waals surface area (Å²) in [5.41, 5.74) is 0.943. The van der Waals surface area contributed by atoms with E-state index in [0.717, 1.165) is 10.8 Å². The summed E-state index contributed by atoms with van der Waals surface area (Å²) in [6.07, 6.45) is 1.52. The van der Waals surface area contributed by atoms with E-state index >= 15 is 0 Å². The number of benzene rings is 2. The number of carbonyl (C=O) groups is 10. The molecule has 1 aliphatic carbocycles. The molecule has 11 N–H and O–H groups in total. The van der Waals surface area contributed by atoms with Crippen molar-refractivity contribution >= 4 is 75.9 Å². The normalized spacial score (nSPS) is 18.6. The van der Waals surface area contributed by atoms with Gasteiger partial charge in [-0.1, -0.05) is 43.0 Å². The quantitative estimate of drug-likeness (QED) is 0.0528. The second kappa shape index (κ2) is 30.9. The SMILES string of the molecule is C=C(c1ccc2ccccc2c1)[C@H](NC(=O)C1CCC(CNC(=O)CN2CCN(CC(=O)O)CCN(CC(=O)O)CCN(CC(=O)O)CC2)CC1)C(=O)NCCCC[C@H](NC(=O)N[C@@H](CCC(=O)O)C(=O)O)C(=O)O. The first-order valence-electron chi connectivity index (χ1n) is 25.0. The monoisotopic (exact) mass is 1050 g/mol. The summed E-state index contributed by atoms with van der Waals surface area (Å²) >= 11 is 0. The van der Waals surface area contributed by atoms with E-state index in [0.29, 0.717) is 56.5 Å². The van der Waals surface area contributed by atoms with Gasteiger partial charge in [0.2, 0.25) is 17.7 Å². The van der Waals surface area contributed by atoms with Crippen LogP contribution in [0, 0.1) is 11.8 Å². The zero-order chi connectivity index (χ0) is 55.0. The van der Waals surface area contributed by atoms with Crippen LogP contribution in [0.3, 0.4) is 0 Å². The van der Waals surface area contributed by atoms with Crippen molar-refractivity contribution in [1.82, 2.24) is 46.2 Å². The van der Waals surface area contributed by atoms with Crippen LogP contribution < -0.4 is 26.6 Å². The number of rotatable bonds is 27. The topological polar surface area (TPSA) is 365 Å². The Kier molecular flexibility index (Phi) is 24.8. The average Bonchev–Trinajstić information content (AvgIpc) is 3.35. The van der Waals surface area contributed by atoms with Crippen molar-refractivity contribution in [3.63, 3.8) is 0 Å². The molecule has 2 fully saturated rings. The number of hydrogen-bond acceptors (Lipinski definition) is 14. The Labute approximate surface area is 433 Å². The summed E-state index contributed by atoms with van der Waals surface area (Å²) in [5.74, 6) is -8.95. The van der Waals surface area contributed by atoms with E-state index in [-0.39, 0.29) is 109 Å². The zero-order valence-electron chi connectivity index (χ0n) is 42.0. The molecule has 1 heterocycles. The summed E-state index contributed by atoms with van der Waals surface area (Å²) in [6, 6.07) is 7.86. The fourth-order valence-corrected chi connectivity index (χ4v) is 8.99. The molecule has 0 spiro atoms. The van der Waals surface area contributed by atoms with Gasteiger partial charge in [0.25, 0.3) is 0 Å². The molecule has 0 bridgehead atoms. The van der Waals surface area contributed by atoms with E-state index < -0.39 is 84.6 Å². The van der Waals surface area contributed by atoms with Crippen LogP contribution in [-0.2, 0) is 43.2 Å². The first kappa shape index (κ1) is 60.3. The standard InChI is InChI=1S/C50H71N9O16/c1-32(36-14-13-34-6-2-3-7-37(34)26-36)45(47(70)51-17-5-4-8-38(48(71)72)53-50(75)54-39(49(73)74)15-16-41(61)62)55-46(69)35-11-9-33(10-12-35)27-52-40(60)28-56-18-20-57(29-42(63)64)22-24-59(31-44(67)68)25-23-58(21-19-56)30-43(65)66/h2-3,6-7,13-14,26,33,35,38-39,45H,1,4-5,8-12,15-25,27-31H2,(H,51,70)(H,52,60)(H,55,69)(H,61,62)(H,63,64)(H,65,66)(H,67,68)(H,71,72)(H,73,74)(H2,53,54,75)/t33?,35?,38-,39-,45-/m0/s1. The predicted molar refractivity (Wildman–Crippen MR) is 270 cm³/mol. The molecule has 0 unspecified atom stereocenters. The summed E-state index contributed by atoms with van der Waals surface area (Å²) in [4.78, 5) is 130. The zero-order valence-corrected chi connectivity index (χ0v) is 42.0. The number of amides is 5. The fourth-order valence-electron chi connectivity index (χ4n) is 8.99. The van der Waals surface area contributed by atoms with Crippen molar-refractivity contribution in [2.45, 2.75) is 75.9 Å². The molecular formula is C50H71N9O16. The molecule has 412 valence electrons. The number of fused-ring (bicyclic) bond motifs is 1. The van der Waals surface area contributed by atoms with E-state index in [1.165, 1.54) is 0 Å². The highest BCUT2D eigenvalue weighted by atomic mass is 16.4. The maximum Gasteiger partial charge on any atom is 0.326 e. The van der Waals surface area contributed by atoms with Gasteiger partial charge >= 0.3 is 41.8 Å². The van der Waals surface area contributed by atoms with Crippen molar-refractivity contribution in [3.05, 3.63) is 54.6 Å². The van der Waals surface area contributed by atoms with E-state index in [2.05, 4.69) is 33.2 Å². The first-order valence-corrected chi connectivity index (χ1v) is 25.0. The highest BCUT2D eigenvalue weighted by Crippen LogP contribution is 2.30. The Morgan fingerprint density at radius 2 is 1.05 bits per heavy atom. The summed E-state index contributed by atoms with van der Waals surface area (Å²) in [6.45, 7) is 5.80. The Morgan fingerprint density at radius 1 is 0.560 bits per heavy atom. The predicted octanol–water partition coefficient (Wildman–Crippen LogP) is 0.0927. The summed E-state index contributed by atoms with van der Waals surface area (Å²) in [7, 11) is 0. The molecule has 25 nitrogen and oxygen atoms in total. The minimum Gasteiger partial charge on any atom is -0.481 e. The van der Waals surface area contributed by atoms with Gasteiger partial charge in [0.15, 0.2) is 0 Å². The Balaban J connectivity index is 1.32. The molecular weight excluding hydrogens is 983 g/mol. The Bertz CT molecular complexity index is 2310. The molecule has 5 amide bonds. The third-order valence-corrected chi connectivity index (χ3v) is 13.3. The van der Waals surface area contributed by atoms with Gasteiger partial charge in [-0.05, 0) is 85.3 Å². The number of unbranched alkanes of at least 4 members (excludes halogenated alkanes) is 1. The minimum absolute atomic E-state index is 0.0383. The number of urea groups is 1. The van der Waals surface area contributed by atoms with E-state index in [1.807, 2.05) is 41.3 Å². The second-order valence-corrected chi connectivity index (χ2v) is 19.0. The van der Waals surface area contributed by atoms with E-state index in [4.69, 9.17) is 5.11 Å². The smallest absolute Gasteiger partial charge is 0.326 e. The van der Waals surface area contributed by atoms with Crippen LogP contribution in [0.15, 0.2) is 49.0 Å². The molecule has 75 heavy (non-hydrogen) atoms. The van der Waals surface area contributed by atoms with Crippen LogP contribution in [0.1, 0.15) is 63.4 Å². The first-order chi connectivity index (χ1) is 35.7. The highest BCUT2D eigenvalue weighted by molar-refractivity contribution is 6.00. The molecule has 2 aliphatic rings. The Hall–Kier alpha value is -7.22. The number of aliphatic carboxylic acids is 6. The second-order valence-electron chi connectivity index (χ2n) is 19.0. The number of carboxylic acids is 6. The molecule has 4 rings (SSSR count). The van der Waals surface area contributed by atoms with Gasteiger partial charge in [-0.15, -0.1) is 0 Å². The summed E-state index contributed by atoms with van der Waals surface area (Å²) < 4.78 is 0. The molecule has 25 heteroatoms. The van der Waals surface area contributed by atoms with E-state index in [9.17, 15) is 73.5 Å². The van der Waals surface area contributed by atoms with Gasteiger partial charge < -0.3 is 57.2 Å². The molecule has 1 saturated carbocycles. The maximum absolute atomic E-state index is 13.9. The number of nitrogens with one attached hydrogen (secondary N) is 5. The van der Waals surface area contributed by atoms with Crippen molar-refractivity contribution in [2.24, 2.45) is 11.8 Å². The van der Waals surface area contributed by atoms with Gasteiger partial charge in [0, 0.05) is 77.8 Å². The van der Waals surface area contributed by atoms with Crippen LogP contribution in [-0.4, -0.2) is 220 Å². The summed E-state index contributed by atoms with van der Waals surface area (Å²) in [5, 5.41) is 71.2. The van der Waals surface area contributed by atoms with Gasteiger partial charge in [-0.3, -0.25) is 53.2 Å². The van der Waals surface area contributed by atoms with Crippen molar-refractivity contribution in [3.8, 4) is 0 Å². The molecule has 1 aliphatic heterocycles. The Morgan fingerprint density at radius 3 is 1.55 bits per heavy atom. The molecule has 0 radical (unpaired) electrons. The molecule has 2 aromatic rings. The van der Waals surface area contributed by atoms with Crippen molar-refractivity contribution in [2.75, 3.05) is 91.6 Å². The third-order valence-electron chi connectivity index (χ3n) is 13.3. The lowest BCUT2D eigenvalue weighted by atomic mass is 9.81. The van der Waals surface area contributed by atoms with E-state index in [1.54, 1.807) is 20.8 Å². The maximum atomic E-state index is 13.9. The lowest BCUT2D eigenvalue weighted by molar-refractivity contribution is -0.141. The molecule has 1 saturated heterocycles. The van der Waals surface area contributed by atoms with Crippen molar-refractivity contribution < 1.29 is 78.6 Å². The molecule has 2 aromatic carbocycles. The number of carboxylic acid groups (broad SMARTS) is 6. The largest absolute Gasteiger partial charge is 0.481 e. The van der Waals surface area contributed by atoms with Gasteiger partial charge in [-0.25, -0.2) is 14.4 Å².